The topological polar surface area (TPSA) is 26.3 Å². The van der Waals surface area contributed by atoms with Gasteiger partial charge in [-0.05, 0) is 6.04 Å². The number of hydrogen-bond acceptors (Lipinski definition) is 2. The van der Waals surface area contributed by atoms with Crippen molar-refractivity contribution in [3.05, 3.63) is 0 Å². The molecule has 0 N–H and O–H groups in total. The molecule has 0 aromatic carbocycles. The molecule has 0 fully saturated rings. The minimum Gasteiger partial charge on any atom is -0.469 e. The molecular formula is C7H15ClO2Si. The van der Waals surface area contributed by atoms with Crippen LogP contribution in [0, 0.1) is 0 Å². The van der Waals surface area contributed by atoms with Gasteiger partial charge in [-0.25, -0.2) is 0 Å². The van der Waals surface area contributed by atoms with Crippen LogP contribution in [-0.2, 0) is 9.53 Å². The Hall–Kier alpha value is -0.0231. The molecule has 0 aliphatic rings. The average molecular weight is 195 g/mol. The summed E-state index contributed by atoms with van der Waals surface area (Å²) in [5, 5.41) is 0. The summed E-state index contributed by atoms with van der Waals surface area (Å²) in [7, 11) is 0.123. The van der Waals surface area contributed by atoms with Crippen LogP contribution in [0.5, 0.6) is 0 Å². The molecule has 0 rings (SSSR count). The normalized spacial score (nSPS) is 11.3. The number of ether oxygens (including phenoxy) is 1. The number of hydrogen-bond donors (Lipinski definition) is 0. The molecule has 0 aliphatic heterocycles. The van der Waals surface area contributed by atoms with Crippen molar-refractivity contribution in [2.75, 3.05) is 12.6 Å². The van der Waals surface area contributed by atoms with E-state index in [0.717, 1.165) is 6.04 Å². The highest BCUT2D eigenvalue weighted by Crippen LogP contribution is 2.13. The van der Waals surface area contributed by atoms with Crippen molar-refractivity contribution in [3.8, 4) is 0 Å². The molecule has 0 atom stereocenters. The molecule has 0 bridgehead atoms. The second kappa shape index (κ2) is 4.77. The Kier molecular flexibility index (Phi) is 4.76. The summed E-state index contributed by atoms with van der Waals surface area (Å²) >= 11 is 5.73. The van der Waals surface area contributed by atoms with Gasteiger partial charge in [0.05, 0.1) is 15.2 Å². The number of alkyl halides is 1. The number of methoxy groups -OCH3 is 1. The quantitative estimate of drug-likeness (QED) is 0.389. The highest BCUT2D eigenvalue weighted by Gasteiger charge is 2.20. The smallest absolute Gasteiger partial charge is 0.305 e. The van der Waals surface area contributed by atoms with Gasteiger partial charge < -0.3 is 4.74 Å². The van der Waals surface area contributed by atoms with E-state index in [1.165, 1.54) is 7.11 Å². The monoisotopic (exact) mass is 194 g/mol. The highest BCUT2D eigenvalue weighted by atomic mass is 35.5. The van der Waals surface area contributed by atoms with Crippen molar-refractivity contribution in [2.45, 2.75) is 25.6 Å². The Balaban J connectivity index is 3.61. The maximum absolute atomic E-state index is 10.7. The predicted molar refractivity (Wildman–Crippen MR) is 49.6 cm³/mol. The third-order valence-electron chi connectivity index (χ3n) is 1.60. The van der Waals surface area contributed by atoms with E-state index in [4.69, 9.17) is 11.6 Å². The molecular weight excluding hydrogens is 180 g/mol. The van der Waals surface area contributed by atoms with Gasteiger partial charge in [0.15, 0.2) is 0 Å². The molecule has 0 saturated heterocycles. The Morgan fingerprint density at radius 1 is 1.55 bits per heavy atom. The van der Waals surface area contributed by atoms with Gasteiger partial charge in [-0.3, -0.25) is 4.79 Å². The Morgan fingerprint density at radius 2 is 2.09 bits per heavy atom. The minimum absolute atomic E-state index is 0.129. The standard InChI is InChI=1S/C7H15ClO2Si/c1-10-7(9)4-5-11(2,3)6-8/h4-6H2,1-3H3. The van der Waals surface area contributed by atoms with E-state index in [9.17, 15) is 4.79 Å². The first-order chi connectivity index (χ1) is 5.02. The number of rotatable bonds is 4. The van der Waals surface area contributed by atoms with Gasteiger partial charge in [0, 0.05) is 11.9 Å². The molecule has 0 aromatic heterocycles. The fourth-order valence-electron chi connectivity index (χ4n) is 0.609. The molecule has 0 aliphatic carbocycles. The van der Waals surface area contributed by atoms with E-state index in [-0.39, 0.29) is 5.97 Å². The van der Waals surface area contributed by atoms with Crippen LogP contribution in [-0.4, -0.2) is 26.7 Å². The molecule has 0 spiro atoms. The first-order valence-electron chi connectivity index (χ1n) is 3.64. The van der Waals surface area contributed by atoms with E-state index in [1.54, 1.807) is 0 Å². The lowest BCUT2D eigenvalue weighted by atomic mass is 10.5. The highest BCUT2D eigenvalue weighted by molar-refractivity contribution is 6.83. The summed E-state index contributed by atoms with van der Waals surface area (Å²) in [6.45, 7) is 4.34. The Labute approximate surface area is 73.9 Å². The molecule has 0 unspecified atom stereocenters. The lowest BCUT2D eigenvalue weighted by Gasteiger charge is -2.17. The van der Waals surface area contributed by atoms with Crippen molar-refractivity contribution in [1.29, 1.82) is 0 Å². The van der Waals surface area contributed by atoms with E-state index in [2.05, 4.69) is 17.8 Å². The first kappa shape index (κ1) is 11.0. The molecule has 0 radical (unpaired) electrons. The van der Waals surface area contributed by atoms with Crippen molar-refractivity contribution in [1.82, 2.24) is 0 Å². The van der Waals surface area contributed by atoms with Gasteiger partial charge in [-0.1, -0.05) is 13.1 Å². The van der Waals surface area contributed by atoms with Crippen LogP contribution >= 0.6 is 11.6 Å². The summed E-state index contributed by atoms with van der Waals surface area (Å²) in [4.78, 5) is 10.7. The van der Waals surface area contributed by atoms with Crippen molar-refractivity contribution < 1.29 is 9.53 Å². The SMILES string of the molecule is COC(=O)CC[Si](C)(C)CCl. The molecule has 0 aromatic rings. The van der Waals surface area contributed by atoms with Gasteiger partial charge in [0.2, 0.25) is 0 Å². The van der Waals surface area contributed by atoms with Crippen molar-refractivity contribution in [2.24, 2.45) is 0 Å². The lowest BCUT2D eigenvalue weighted by molar-refractivity contribution is -0.140. The van der Waals surface area contributed by atoms with Gasteiger partial charge in [-0.2, -0.15) is 0 Å². The van der Waals surface area contributed by atoms with E-state index >= 15 is 0 Å². The zero-order valence-electron chi connectivity index (χ0n) is 7.32. The maximum Gasteiger partial charge on any atom is 0.305 e. The molecule has 11 heavy (non-hydrogen) atoms. The number of halogens is 1. The minimum atomic E-state index is -1.29. The van der Waals surface area contributed by atoms with Crippen LogP contribution in [0.15, 0.2) is 0 Å². The maximum atomic E-state index is 10.7. The van der Waals surface area contributed by atoms with Crippen LogP contribution in [0.3, 0.4) is 0 Å². The largest absolute Gasteiger partial charge is 0.469 e. The summed E-state index contributed by atoms with van der Waals surface area (Å²) in [6, 6.07) is 0.920. The lowest BCUT2D eigenvalue weighted by Crippen LogP contribution is -2.29. The number of carbonyl (C=O) groups is 1. The van der Waals surface area contributed by atoms with Gasteiger partial charge >= 0.3 is 5.97 Å². The first-order valence-corrected chi connectivity index (χ1v) is 7.59. The summed E-state index contributed by atoms with van der Waals surface area (Å²) < 4.78 is 4.53. The number of carbonyl (C=O) groups excluding carboxylic acids is 1. The molecule has 4 heteroatoms. The molecule has 0 saturated carbocycles. The molecule has 0 amide bonds. The molecule has 66 valence electrons. The second-order valence-electron chi connectivity index (χ2n) is 3.37. The van der Waals surface area contributed by atoms with Crippen LogP contribution in [0.1, 0.15) is 6.42 Å². The summed E-state index contributed by atoms with van der Waals surface area (Å²) in [5.41, 5.74) is 0.712. The zero-order valence-corrected chi connectivity index (χ0v) is 9.07. The Morgan fingerprint density at radius 3 is 2.45 bits per heavy atom. The van der Waals surface area contributed by atoms with E-state index in [0.29, 0.717) is 11.9 Å². The molecule has 2 nitrogen and oxygen atoms in total. The van der Waals surface area contributed by atoms with Crippen LogP contribution in [0.4, 0.5) is 0 Å². The third kappa shape index (κ3) is 5.27. The van der Waals surface area contributed by atoms with Gasteiger partial charge in [-0.15, -0.1) is 11.6 Å². The van der Waals surface area contributed by atoms with Crippen LogP contribution < -0.4 is 0 Å². The van der Waals surface area contributed by atoms with E-state index < -0.39 is 8.07 Å². The van der Waals surface area contributed by atoms with Crippen LogP contribution in [0.25, 0.3) is 0 Å². The van der Waals surface area contributed by atoms with Gasteiger partial charge in [0.25, 0.3) is 0 Å². The second-order valence-corrected chi connectivity index (χ2v) is 9.27. The number of esters is 1. The van der Waals surface area contributed by atoms with E-state index in [1.807, 2.05) is 0 Å². The third-order valence-corrected chi connectivity index (χ3v) is 6.09. The zero-order chi connectivity index (χ0) is 8.91. The average Bonchev–Trinajstić information content (AvgIpc) is 2.00. The fraction of sp³-hybridized carbons (Fsp3) is 0.857. The fourth-order valence-corrected chi connectivity index (χ4v) is 2.02. The van der Waals surface area contributed by atoms with Gasteiger partial charge in [0.1, 0.15) is 0 Å². The summed E-state index contributed by atoms with van der Waals surface area (Å²) in [6.07, 6.45) is 0.516. The predicted octanol–water partition coefficient (Wildman–Crippen LogP) is 2.04. The van der Waals surface area contributed by atoms with Crippen LogP contribution in [0.2, 0.25) is 19.1 Å². The Bertz CT molecular complexity index is 136. The van der Waals surface area contributed by atoms with Crippen molar-refractivity contribution in [3.63, 3.8) is 0 Å². The van der Waals surface area contributed by atoms with Crippen molar-refractivity contribution >= 4 is 25.6 Å². The molecule has 0 heterocycles. The summed E-state index contributed by atoms with van der Waals surface area (Å²) in [5.74, 6) is -0.129.